The highest BCUT2D eigenvalue weighted by molar-refractivity contribution is 5.97. The molecule has 0 aliphatic carbocycles. The summed E-state index contributed by atoms with van der Waals surface area (Å²) in [6.45, 7) is 0.433. The minimum absolute atomic E-state index is 0.0694. The summed E-state index contributed by atoms with van der Waals surface area (Å²) in [6, 6.07) is 6.81. The molecule has 0 aromatic heterocycles. The summed E-state index contributed by atoms with van der Waals surface area (Å²) >= 11 is 0. The van der Waals surface area contributed by atoms with E-state index in [1.54, 1.807) is 24.3 Å². The van der Waals surface area contributed by atoms with E-state index in [4.69, 9.17) is 5.11 Å². The second kappa shape index (κ2) is 4.99. The van der Waals surface area contributed by atoms with E-state index in [1.807, 2.05) is 0 Å². The number of imide groups is 1. The first-order chi connectivity index (χ1) is 8.16. The van der Waals surface area contributed by atoms with E-state index in [0.29, 0.717) is 32.2 Å². The monoisotopic (exact) mass is 233 g/mol. The standard InChI is InChI=1S/C13H15NO3/c15-11-6-4-10(5-7-11)8-9-14-12(16)2-1-3-13(14)17/h4-7,15H,1-3,8-9H2. The molecule has 0 atom stereocenters. The number of hydrogen-bond donors (Lipinski definition) is 1. The molecule has 90 valence electrons. The van der Waals surface area contributed by atoms with Crippen molar-refractivity contribution in [3.05, 3.63) is 29.8 Å². The van der Waals surface area contributed by atoms with Crippen LogP contribution in [0, 0.1) is 0 Å². The van der Waals surface area contributed by atoms with Crippen LogP contribution in [0.1, 0.15) is 24.8 Å². The summed E-state index contributed by atoms with van der Waals surface area (Å²) in [5.74, 6) is 0.0823. The van der Waals surface area contributed by atoms with Gasteiger partial charge in [0.25, 0.3) is 0 Å². The average molecular weight is 233 g/mol. The van der Waals surface area contributed by atoms with Crippen molar-refractivity contribution in [1.29, 1.82) is 0 Å². The van der Waals surface area contributed by atoms with Gasteiger partial charge in [-0.05, 0) is 30.5 Å². The highest BCUT2D eigenvalue weighted by atomic mass is 16.3. The van der Waals surface area contributed by atoms with Crippen LogP contribution in [0.4, 0.5) is 0 Å². The lowest BCUT2D eigenvalue weighted by Gasteiger charge is -2.24. The zero-order valence-corrected chi connectivity index (χ0v) is 9.56. The number of phenolic OH excluding ortho intramolecular Hbond substituents is 1. The molecule has 0 unspecified atom stereocenters. The molecular formula is C13H15NO3. The number of carbonyl (C=O) groups excluding carboxylic acids is 2. The van der Waals surface area contributed by atoms with E-state index in [2.05, 4.69) is 0 Å². The third kappa shape index (κ3) is 2.84. The lowest BCUT2D eigenvalue weighted by molar-refractivity contribution is -0.147. The number of nitrogens with zero attached hydrogens (tertiary/aromatic N) is 1. The Hall–Kier alpha value is -1.84. The number of phenols is 1. The van der Waals surface area contributed by atoms with Gasteiger partial charge < -0.3 is 5.11 Å². The molecule has 1 saturated heterocycles. The van der Waals surface area contributed by atoms with Crippen LogP contribution >= 0.6 is 0 Å². The Morgan fingerprint density at radius 1 is 1.06 bits per heavy atom. The van der Waals surface area contributed by atoms with Crippen molar-refractivity contribution in [1.82, 2.24) is 4.90 Å². The van der Waals surface area contributed by atoms with Crippen molar-refractivity contribution in [2.75, 3.05) is 6.54 Å². The van der Waals surface area contributed by atoms with Crippen LogP contribution in [-0.2, 0) is 16.0 Å². The molecule has 4 heteroatoms. The highest BCUT2D eigenvalue weighted by Gasteiger charge is 2.25. The predicted octanol–water partition coefficient (Wildman–Crippen LogP) is 1.47. The molecule has 0 saturated carbocycles. The van der Waals surface area contributed by atoms with Gasteiger partial charge in [-0.15, -0.1) is 0 Å². The number of carbonyl (C=O) groups is 2. The lowest BCUT2D eigenvalue weighted by atomic mass is 10.1. The fourth-order valence-electron chi connectivity index (χ4n) is 1.95. The van der Waals surface area contributed by atoms with Crippen molar-refractivity contribution < 1.29 is 14.7 Å². The van der Waals surface area contributed by atoms with E-state index < -0.39 is 0 Å². The Bertz CT molecular complexity index is 409. The zero-order valence-electron chi connectivity index (χ0n) is 9.56. The van der Waals surface area contributed by atoms with Gasteiger partial charge >= 0.3 is 0 Å². The summed E-state index contributed by atoms with van der Waals surface area (Å²) in [6.07, 6.45) is 2.26. The molecule has 2 amide bonds. The maximum atomic E-state index is 11.5. The molecule has 17 heavy (non-hydrogen) atoms. The molecule has 1 fully saturated rings. The molecule has 1 N–H and O–H groups in total. The van der Waals surface area contributed by atoms with Crippen molar-refractivity contribution in [2.45, 2.75) is 25.7 Å². The second-order valence-corrected chi connectivity index (χ2v) is 4.21. The maximum Gasteiger partial charge on any atom is 0.229 e. The quantitative estimate of drug-likeness (QED) is 0.804. The van der Waals surface area contributed by atoms with Crippen molar-refractivity contribution in [3.8, 4) is 5.75 Å². The minimum atomic E-state index is -0.0694. The van der Waals surface area contributed by atoms with Crippen molar-refractivity contribution in [3.63, 3.8) is 0 Å². The van der Waals surface area contributed by atoms with Gasteiger partial charge in [-0.3, -0.25) is 14.5 Å². The molecule has 0 spiro atoms. The number of piperidine rings is 1. The van der Waals surface area contributed by atoms with Gasteiger partial charge in [0.1, 0.15) is 5.75 Å². The van der Waals surface area contributed by atoms with Crippen LogP contribution in [0.2, 0.25) is 0 Å². The van der Waals surface area contributed by atoms with Gasteiger partial charge in [-0.2, -0.15) is 0 Å². The molecule has 1 aliphatic rings. The lowest BCUT2D eigenvalue weighted by Crippen LogP contribution is -2.41. The van der Waals surface area contributed by atoms with E-state index in [0.717, 1.165) is 5.56 Å². The Kier molecular flexibility index (Phi) is 3.42. The Labute approximate surface area is 99.9 Å². The van der Waals surface area contributed by atoms with Gasteiger partial charge in [0.15, 0.2) is 0 Å². The molecule has 0 bridgehead atoms. The topological polar surface area (TPSA) is 57.6 Å². The molecule has 1 aromatic rings. The highest BCUT2D eigenvalue weighted by Crippen LogP contribution is 2.14. The minimum Gasteiger partial charge on any atom is -0.508 e. The molecule has 1 heterocycles. The number of amides is 2. The first-order valence-electron chi connectivity index (χ1n) is 5.78. The van der Waals surface area contributed by atoms with E-state index in [9.17, 15) is 9.59 Å². The Balaban J connectivity index is 1.95. The van der Waals surface area contributed by atoms with Gasteiger partial charge in [-0.25, -0.2) is 0 Å². The van der Waals surface area contributed by atoms with Crippen molar-refractivity contribution >= 4 is 11.8 Å². The first kappa shape index (κ1) is 11.6. The van der Waals surface area contributed by atoms with Crippen molar-refractivity contribution in [2.24, 2.45) is 0 Å². The average Bonchev–Trinajstić information content (AvgIpc) is 2.31. The molecular weight excluding hydrogens is 218 g/mol. The van der Waals surface area contributed by atoms with E-state index in [-0.39, 0.29) is 17.6 Å². The smallest absolute Gasteiger partial charge is 0.229 e. The molecule has 1 aromatic carbocycles. The molecule has 4 nitrogen and oxygen atoms in total. The predicted molar refractivity (Wildman–Crippen MR) is 62.4 cm³/mol. The summed E-state index contributed by atoms with van der Waals surface area (Å²) < 4.78 is 0. The van der Waals surface area contributed by atoms with E-state index >= 15 is 0 Å². The third-order valence-electron chi connectivity index (χ3n) is 2.94. The first-order valence-corrected chi connectivity index (χ1v) is 5.78. The second-order valence-electron chi connectivity index (χ2n) is 4.21. The van der Waals surface area contributed by atoms with Gasteiger partial charge in [0, 0.05) is 19.4 Å². The van der Waals surface area contributed by atoms with Crippen LogP contribution in [0.5, 0.6) is 5.75 Å². The fraction of sp³-hybridized carbons (Fsp3) is 0.385. The van der Waals surface area contributed by atoms with Crippen LogP contribution in [-0.4, -0.2) is 28.4 Å². The SMILES string of the molecule is O=C1CCCC(=O)N1CCc1ccc(O)cc1. The third-order valence-corrected chi connectivity index (χ3v) is 2.94. The van der Waals surface area contributed by atoms with Crippen LogP contribution < -0.4 is 0 Å². The van der Waals surface area contributed by atoms with E-state index in [1.165, 1.54) is 4.90 Å². The van der Waals surface area contributed by atoms with Crippen LogP contribution in [0.25, 0.3) is 0 Å². The molecule has 1 aliphatic heterocycles. The Morgan fingerprint density at radius 3 is 2.24 bits per heavy atom. The number of benzene rings is 1. The number of hydrogen-bond acceptors (Lipinski definition) is 3. The summed E-state index contributed by atoms with van der Waals surface area (Å²) in [5.41, 5.74) is 1.01. The van der Waals surface area contributed by atoms with Gasteiger partial charge in [0.2, 0.25) is 11.8 Å². The van der Waals surface area contributed by atoms with Crippen LogP contribution in [0.3, 0.4) is 0 Å². The zero-order chi connectivity index (χ0) is 12.3. The number of likely N-dealkylation sites (tertiary alicyclic amines) is 1. The van der Waals surface area contributed by atoms with Gasteiger partial charge in [-0.1, -0.05) is 12.1 Å². The Morgan fingerprint density at radius 2 is 1.65 bits per heavy atom. The normalized spacial score (nSPS) is 16.4. The summed E-state index contributed by atoms with van der Waals surface area (Å²) in [4.78, 5) is 24.4. The maximum absolute atomic E-state index is 11.5. The van der Waals surface area contributed by atoms with Crippen LogP contribution in [0.15, 0.2) is 24.3 Å². The fourth-order valence-corrected chi connectivity index (χ4v) is 1.95. The molecule has 0 radical (unpaired) electrons. The number of aromatic hydroxyl groups is 1. The summed E-state index contributed by atoms with van der Waals surface area (Å²) in [5, 5.41) is 9.14. The summed E-state index contributed by atoms with van der Waals surface area (Å²) in [7, 11) is 0. The number of rotatable bonds is 3. The van der Waals surface area contributed by atoms with Gasteiger partial charge in [0.05, 0.1) is 0 Å². The largest absolute Gasteiger partial charge is 0.508 e. The molecule has 2 rings (SSSR count).